The molecule has 1 aliphatic heterocycles. The Balaban J connectivity index is 2.68. The lowest BCUT2D eigenvalue weighted by Gasteiger charge is -2.39. The van der Waals surface area contributed by atoms with Crippen molar-refractivity contribution in [1.82, 2.24) is 5.32 Å². The van der Waals surface area contributed by atoms with Crippen LogP contribution in [0.1, 0.15) is 0 Å². The van der Waals surface area contributed by atoms with Crippen molar-refractivity contribution < 1.29 is 30.0 Å². The second-order valence-corrected chi connectivity index (χ2v) is 3.00. The molecule has 5 atom stereocenters. The van der Waals surface area contributed by atoms with Crippen LogP contribution in [0.3, 0.4) is 0 Å². The monoisotopic (exact) mass is 206 g/mol. The van der Waals surface area contributed by atoms with E-state index in [1.54, 1.807) is 0 Å². The Morgan fingerprint density at radius 1 is 1.29 bits per heavy atom. The molecule has 0 aromatic carbocycles. The quantitative estimate of drug-likeness (QED) is 0.305. The van der Waals surface area contributed by atoms with E-state index in [2.05, 4.69) is 0 Å². The van der Waals surface area contributed by atoms with Crippen LogP contribution >= 0.6 is 0 Å². The van der Waals surface area contributed by atoms with Crippen LogP contribution in [0.4, 0.5) is 0 Å². The van der Waals surface area contributed by atoms with Crippen molar-refractivity contribution in [3.05, 3.63) is 0 Å². The van der Waals surface area contributed by atoms with Gasteiger partial charge in [0.05, 0.1) is 6.61 Å². The van der Waals surface area contributed by atoms with Gasteiger partial charge in [-0.1, -0.05) is 0 Å². The SMILES string of the molecule is O=[C]NC1C(O)OC(CO)C(O)C1O. The first-order valence-electron chi connectivity index (χ1n) is 4.05. The normalized spacial score (nSPS) is 43.3. The maximum absolute atomic E-state index is 9.98. The third kappa shape index (κ3) is 2.02. The average molecular weight is 206 g/mol. The zero-order valence-corrected chi connectivity index (χ0v) is 7.20. The van der Waals surface area contributed by atoms with E-state index < -0.39 is 37.3 Å². The number of aliphatic hydroxyl groups excluding tert-OH is 4. The number of aliphatic hydroxyl groups is 4. The van der Waals surface area contributed by atoms with Crippen LogP contribution in [0.25, 0.3) is 0 Å². The van der Waals surface area contributed by atoms with Crippen molar-refractivity contribution in [2.24, 2.45) is 0 Å². The molecule has 0 aromatic rings. The standard InChI is InChI=1S/C7H12NO6/c9-1-3-5(11)6(12)4(8-2-10)7(13)14-3/h3-7,9,11-13H,1H2,(H,8,10). The van der Waals surface area contributed by atoms with Gasteiger partial charge in [-0.2, -0.15) is 0 Å². The van der Waals surface area contributed by atoms with Crippen LogP contribution in [0.2, 0.25) is 0 Å². The third-order valence-corrected chi connectivity index (χ3v) is 2.13. The van der Waals surface area contributed by atoms with Gasteiger partial charge < -0.3 is 30.5 Å². The molecule has 1 aliphatic rings. The van der Waals surface area contributed by atoms with Gasteiger partial charge in [0.25, 0.3) is 0 Å². The lowest BCUT2D eigenvalue weighted by molar-refractivity contribution is -0.252. The fraction of sp³-hybridized carbons (Fsp3) is 0.857. The average Bonchev–Trinajstić information content (AvgIpc) is 2.18. The first kappa shape index (κ1) is 11.3. The smallest absolute Gasteiger partial charge is 0.309 e. The number of nitrogens with one attached hydrogen (secondary N) is 1. The van der Waals surface area contributed by atoms with E-state index in [-0.39, 0.29) is 0 Å². The summed E-state index contributed by atoms with van der Waals surface area (Å²) in [5.74, 6) is 0. The van der Waals surface area contributed by atoms with Crippen LogP contribution in [-0.4, -0.2) is 64.1 Å². The summed E-state index contributed by atoms with van der Waals surface area (Å²) in [7, 11) is 0. The van der Waals surface area contributed by atoms with Crippen LogP contribution in [-0.2, 0) is 9.53 Å². The van der Waals surface area contributed by atoms with Gasteiger partial charge >= 0.3 is 6.41 Å². The summed E-state index contributed by atoms with van der Waals surface area (Å²) >= 11 is 0. The van der Waals surface area contributed by atoms with Crippen molar-refractivity contribution in [2.75, 3.05) is 6.61 Å². The topological polar surface area (TPSA) is 119 Å². The van der Waals surface area contributed by atoms with E-state index >= 15 is 0 Å². The van der Waals surface area contributed by atoms with Crippen molar-refractivity contribution in [1.29, 1.82) is 0 Å². The summed E-state index contributed by atoms with van der Waals surface area (Å²) in [6.45, 7) is -0.535. The zero-order valence-electron chi connectivity index (χ0n) is 7.20. The minimum absolute atomic E-state index is 0.535. The predicted octanol–water partition coefficient (Wildman–Crippen LogP) is -3.56. The van der Waals surface area contributed by atoms with E-state index in [9.17, 15) is 20.1 Å². The number of ether oxygens (including phenoxy) is 1. The molecular weight excluding hydrogens is 194 g/mol. The predicted molar refractivity (Wildman–Crippen MR) is 42.6 cm³/mol. The molecule has 0 aliphatic carbocycles. The number of hydrogen-bond acceptors (Lipinski definition) is 6. The molecular formula is C7H12NO6. The van der Waals surface area contributed by atoms with Crippen molar-refractivity contribution >= 4 is 6.41 Å². The van der Waals surface area contributed by atoms with Crippen molar-refractivity contribution in [3.63, 3.8) is 0 Å². The number of rotatable bonds is 3. The largest absolute Gasteiger partial charge is 0.394 e. The molecule has 1 heterocycles. The second kappa shape index (κ2) is 4.67. The summed E-state index contributed by atoms with van der Waals surface area (Å²) < 4.78 is 4.74. The highest BCUT2D eigenvalue weighted by atomic mass is 16.6. The zero-order chi connectivity index (χ0) is 10.7. The third-order valence-electron chi connectivity index (χ3n) is 2.13. The molecule has 0 saturated carbocycles. The maximum Gasteiger partial charge on any atom is 0.309 e. The first-order valence-corrected chi connectivity index (χ1v) is 4.05. The molecule has 14 heavy (non-hydrogen) atoms. The van der Waals surface area contributed by atoms with Gasteiger partial charge in [-0.15, -0.1) is 0 Å². The van der Waals surface area contributed by atoms with E-state index in [1.807, 2.05) is 5.32 Å². The Kier molecular flexibility index (Phi) is 3.78. The molecule has 0 aromatic heterocycles. The molecule has 1 radical (unpaired) electrons. The molecule has 5 N–H and O–H groups in total. The minimum Gasteiger partial charge on any atom is -0.394 e. The van der Waals surface area contributed by atoms with Crippen molar-refractivity contribution in [3.8, 4) is 0 Å². The summed E-state index contributed by atoms with van der Waals surface area (Å²) in [5.41, 5.74) is 0. The molecule has 1 saturated heterocycles. The van der Waals surface area contributed by atoms with Gasteiger partial charge in [0.1, 0.15) is 24.4 Å². The molecule has 7 heteroatoms. The van der Waals surface area contributed by atoms with E-state index in [4.69, 9.17) is 9.84 Å². The van der Waals surface area contributed by atoms with Gasteiger partial charge in [0, 0.05) is 0 Å². The lowest BCUT2D eigenvalue weighted by Crippen LogP contribution is -2.63. The van der Waals surface area contributed by atoms with E-state index in [0.29, 0.717) is 0 Å². The molecule has 1 fully saturated rings. The Labute approximate surface area is 79.9 Å². The van der Waals surface area contributed by atoms with E-state index in [1.165, 1.54) is 6.41 Å². The van der Waals surface area contributed by atoms with Gasteiger partial charge in [-0.25, -0.2) is 0 Å². The lowest BCUT2D eigenvalue weighted by atomic mass is 9.97. The molecule has 7 nitrogen and oxygen atoms in total. The van der Waals surface area contributed by atoms with Gasteiger partial charge in [-0.3, -0.25) is 4.79 Å². The highest BCUT2D eigenvalue weighted by molar-refractivity contribution is 5.48. The summed E-state index contributed by atoms with van der Waals surface area (Å²) in [6, 6.07) is -1.15. The van der Waals surface area contributed by atoms with Gasteiger partial charge in [-0.05, 0) is 0 Å². The highest BCUT2D eigenvalue weighted by Crippen LogP contribution is 2.19. The molecule has 81 valence electrons. The minimum atomic E-state index is -1.48. The fourth-order valence-corrected chi connectivity index (χ4v) is 1.32. The Bertz CT molecular complexity index is 201. The summed E-state index contributed by atoms with van der Waals surface area (Å²) in [5, 5.41) is 38.7. The Morgan fingerprint density at radius 2 is 1.93 bits per heavy atom. The van der Waals surface area contributed by atoms with Crippen LogP contribution in [0.5, 0.6) is 0 Å². The second-order valence-electron chi connectivity index (χ2n) is 3.00. The number of amides is 1. The van der Waals surface area contributed by atoms with Crippen LogP contribution in [0, 0.1) is 0 Å². The Hall–Kier alpha value is -0.730. The highest BCUT2D eigenvalue weighted by Gasteiger charge is 2.43. The maximum atomic E-state index is 9.98. The fourth-order valence-electron chi connectivity index (χ4n) is 1.32. The summed E-state index contributed by atoms with van der Waals surface area (Å²) in [6.07, 6.45) is -4.04. The molecule has 5 unspecified atom stereocenters. The van der Waals surface area contributed by atoms with Gasteiger partial charge in [0.2, 0.25) is 0 Å². The van der Waals surface area contributed by atoms with Crippen LogP contribution in [0.15, 0.2) is 0 Å². The van der Waals surface area contributed by atoms with E-state index in [0.717, 1.165) is 0 Å². The number of carbonyl (C=O) groups excluding carboxylic acids is 1. The first-order chi connectivity index (χ1) is 6.61. The molecule has 1 amide bonds. The van der Waals surface area contributed by atoms with Crippen LogP contribution < -0.4 is 5.32 Å². The molecule has 0 spiro atoms. The molecule has 0 bridgehead atoms. The van der Waals surface area contributed by atoms with Crippen molar-refractivity contribution in [2.45, 2.75) is 30.6 Å². The van der Waals surface area contributed by atoms with Gasteiger partial charge in [0.15, 0.2) is 6.29 Å². The Morgan fingerprint density at radius 3 is 2.43 bits per heavy atom. The molecule has 1 rings (SSSR count). The number of hydrogen-bond donors (Lipinski definition) is 5. The summed E-state index contributed by atoms with van der Waals surface area (Å²) in [4.78, 5) is 9.98.